The number of carbonyl (C=O) groups excluding carboxylic acids is 2. The van der Waals surface area contributed by atoms with Gasteiger partial charge in [0.25, 0.3) is 0 Å². The summed E-state index contributed by atoms with van der Waals surface area (Å²) in [6.07, 6.45) is -5.61. The first-order chi connectivity index (χ1) is 11.1. The number of benzene rings is 1. The second-order valence-corrected chi connectivity index (χ2v) is 5.65. The summed E-state index contributed by atoms with van der Waals surface area (Å²) >= 11 is 0. The number of alkyl halides is 3. The molecule has 0 fully saturated rings. The summed E-state index contributed by atoms with van der Waals surface area (Å²) in [5.74, 6) is -1.67. The van der Waals surface area contributed by atoms with Gasteiger partial charge in [-0.05, 0) is 19.4 Å². The molecule has 24 heavy (non-hydrogen) atoms. The van der Waals surface area contributed by atoms with Gasteiger partial charge < -0.3 is 15.8 Å². The first-order valence-corrected chi connectivity index (χ1v) is 7.42. The molecule has 5 nitrogen and oxygen atoms in total. The number of amides is 1. The highest BCUT2D eigenvalue weighted by atomic mass is 19.4. The lowest BCUT2D eigenvalue weighted by molar-refractivity contribution is -0.184. The van der Waals surface area contributed by atoms with Gasteiger partial charge in [0.05, 0.1) is 13.0 Å². The fraction of sp³-hybridized carbons (Fsp3) is 0.500. The lowest BCUT2D eigenvalue weighted by atomic mass is 9.97. The highest BCUT2D eigenvalue weighted by Gasteiger charge is 2.49. The van der Waals surface area contributed by atoms with Crippen LogP contribution in [0.1, 0.15) is 25.8 Å². The molecule has 134 valence electrons. The van der Waals surface area contributed by atoms with Gasteiger partial charge in [-0.3, -0.25) is 4.79 Å². The van der Waals surface area contributed by atoms with Crippen LogP contribution in [0.15, 0.2) is 30.3 Å². The summed E-state index contributed by atoms with van der Waals surface area (Å²) in [6, 6.07) is 7.68. The van der Waals surface area contributed by atoms with Crippen molar-refractivity contribution in [3.63, 3.8) is 0 Å². The minimum atomic E-state index is -4.73. The number of carbonyl (C=O) groups is 2. The Hall–Kier alpha value is -2.09. The van der Waals surface area contributed by atoms with Crippen molar-refractivity contribution in [3.8, 4) is 0 Å². The third-order valence-corrected chi connectivity index (χ3v) is 3.36. The second kappa shape index (κ2) is 8.14. The van der Waals surface area contributed by atoms with E-state index in [1.807, 2.05) is 0 Å². The maximum Gasteiger partial charge on any atom is 0.406 e. The van der Waals surface area contributed by atoms with Crippen LogP contribution in [-0.4, -0.2) is 36.2 Å². The van der Waals surface area contributed by atoms with Crippen LogP contribution in [0, 0.1) is 0 Å². The molecule has 1 aromatic carbocycles. The molecule has 0 unspecified atom stereocenters. The van der Waals surface area contributed by atoms with Gasteiger partial charge in [0, 0.05) is 6.42 Å². The maximum absolute atomic E-state index is 12.8. The molecule has 0 saturated heterocycles. The number of esters is 1. The number of hydrogen-bond acceptors (Lipinski definition) is 4. The smallest absolute Gasteiger partial charge is 0.406 e. The molecule has 3 N–H and O–H groups in total. The summed E-state index contributed by atoms with van der Waals surface area (Å²) in [5.41, 5.74) is 3.22. The third-order valence-electron chi connectivity index (χ3n) is 3.36. The highest BCUT2D eigenvalue weighted by molar-refractivity contribution is 5.85. The molecule has 0 heterocycles. The van der Waals surface area contributed by atoms with Crippen LogP contribution in [0.5, 0.6) is 0 Å². The Bertz CT molecular complexity index is 559. The van der Waals surface area contributed by atoms with E-state index in [0.29, 0.717) is 0 Å². The van der Waals surface area contributed by atoms with Crippen molar-refractivity contribution in [1.82, 2.24) is 5.32 Å². The summed E-state index contributed by atoms with van der Waals surface area (Å²) in [5, 5.41) is 2.28. The summed E-state index contributed by atoms with van der Waals surface area (Å²) < 4.78 is 43.1. The van der Waals surface area contributed by atoms with Crippen molar-refractivity contribution in [2.24, 2.45) is 5.73 Å². The zero-order valence-electron chi connectivity index (χ0n) is 13.5. The molecule has 0 aliphatic carbocycles. The summed E-state index contributed by atoms with van der Waals surface area (Å²) in [7, 11) is 0. The normalized spacial score (nSPS) is 15.2. The molecule has 2 atom stereocenters. The van der Waals surface area contributed by atoms with Crippen LogP contribution >= 0.6 is 0 Å². The Balaban J connectivity index is 2.81. The van der Waals surface area contributed by atoms with Gasteiger partial charge in [-0.15, -0.1) is 0 Å². The van der Waals surface area contributed by atoms with E-state index in [0.717, 1.165) is 12.5 Å². The van der Waals surface area contributed by atoms with E-state index in [-0.39, 0.29) is 13.0 Å². The van der Waals surface area contributed by atoms with Crippen molar-refractivity contribution in [2.45, 2.75) is 44.4 Å². The Morgan fingerprint density at radius 2 is 1.83 bits per heavy atom. The molecule has 8 heteroatoms. The number of nitrogens with two attached hydrogens (primary N) is 1. The van der Waals surface area contributed by atoms with Gasteiger partial charge in [-0.2, -0.15) is 13.2 Å². The van der Waals surface area contributed by atoms with Gasteiger partial charge in [-0.25, -0.2) is 4.79 Å². The molecule has 0 radical (unpaired) electrons. The van der Waals surface area contributed by atoms with Crippen molar-refractivity contribution < 1.29 is 27.5 Å². The second-order valence-electron chi connectivity index (χ2n) is 5.65. The predicted octanol–water partition coefficient (Wildman–Crippen LogP) is 1.95. The lowest BCUT2D eigenvalue weighted by Gasteiger charge is -2.27. The van der Waals surface area contributed by atoms with E-state index < -0.39 is 36.1 Å². The van der Waals surface area contributed by atoms with E-state index in [2.05, 4.69) is 5.32 Å². The quantitative estimate of drug-likeness (QED) is 0.740. The SMILES string of the molecule is CCOC(=O)[C@H](Cc1ccccc1)NC(=O)C[C@@](C)(N)C(F)(F)F. The topological polar surface area (TPSA) is 81.4 Å². The zero-order chi connectivity index (χ0) is 18.4. The first-order valence-electron chi connectivity index (χ1n) is 7.42. The van der Waals surface area contributed by atoms with Crippen LogP contribution in [-0.2, 0) is 20.7 Å². The minimum Gasteiger partial charge on any atom is -0.464 e. The molecule has 0 aromatic heterocycles. The molecule has 0 bridgehead atoms. The maximum atomic E-state index is 12.8. The summed E-state index contributed by atoms with van der Waals surface area (Å²) in [6.45, 7) is 2.42. The molecule has 0 aliphatic heterocycles. The Morgan fingerprint density at radius 1 is 1.25 bits per heavy atom. The highest BCUT2D eigenvalue weighted by Crippen LogP contribution is 2.30. The van der Waals surface area contributed by atoms with E-state index in [9.17, 15) is 22.8 Å². The average molecular weight is 346 g/mol. The summed E-state index contributed by atoms with van der Waals surface area (Å²) in [4.78, 5) is 23.9. The average Bonchev–Trinajstić information content (AvgIpc) is 2.46. The fourth-order valence-corrected chi connectivity index (χ4v) is 1.97. The molecule has 0 spiro atoms. The number of nitrogens with one attached hydrogen (secondary N) is 1. The fourth-order valence-electron chi connectivity index (χ4n) is 1.97. The third kappa shape index (κ3) is 5.84. The Morgan fingerprint density at radius 3 is 2.33 bits per heavy atom. The number of halogens is 3. The van der Waals surface area contributed by atoms with Gasteiger partial charge in [0.1, 0.15) is 11.6 Å². The molecule has 0 saturated carbocycles. The minimum absolute atomic E-state index is 0.0944. The van der Waals surface area contributed by atoms with Gasteiger partial charge in [-0.1, -0.05) is 30.3 Å². The molecular formula is C16H21F3N2O3. The van der Waals surface area contributed by atoms with Crippen LogP contribution in [0.2, 0.25) is 0 Å². The zero-order valence-corrected chi connectivity index (χ0v) is 13.5. The van der Waals surface area contributed by atoms with Crippen molar-refractivity contribution in [1.29, 1.82) is 0 Å². The number of ether oxygens (including phenoxy) is 1. The van der Waals surface area contributed by atoms with Crippen LogP contribution in [0.3, 0.4) is 0 Å². The Labute approximate surface area is 138 Å². The lowest BCUT2D eigenvalue weighted by Crippen LogP contribution is -2.55. The van der Waals surface area contributed by atoms with E-state index in [1.165, 1.54) is 0 Å². The Kier molecular flexibility index (Phi) is 6.77. The van der Waals surface area contributed by atoms with Crippen LogP contribution in [0.25, 0.3) is 0 Å². The largest absolute Gasteiger partial charge is 0.464 e. The van der Waals surface area contributed by atoms with Gasteiger partial charge >= 0.3 is 12.1 Å². The van der Waals surface area contributed by atoms with E-state index >= 15 is 0 Å². The first kappa shape index (κ1) is 20.0. The van der Waals surface area contributed by atoms with Crippen LogP contribution < -0.4 is 11.1 Å². The van der Waals surface area contributed by atoms with Crippen molar-refractivity contribution >= 4 is 11.9 Å². The number of rotatable bonds is 7. The van der Waals surface area contributed by atoms with Crippen molar-refractivity contribution in [2.75, 3.05) is 6.61 Å². The predicted molar refractivity (Wildman–Crippen MR) is 82.0 cm³/mol. The molecule has 1 amide bonds. The van der Waals surface area contributed by atoms with Crippen molar-refractivity contribution in [3.05, 3.63) is 35.9 Å². The van der Waals surface area contributed by atoms with Gasteiger partial charge in [0.2, 0.25) is 5.91 Å². The molecular weight excluding hydrogens is 325 g/mol. The van der Waals surface area contributed by atoms with Crippen LogP contribution in [0.4, 0.5) is 13.2 Å². The molecule has 1 rings (SSSR count). The van der Waals surface area contributed by atoms with Gasteiger partial charge in [0.15, 0.2) is 0 Å². The molecule has 0 aliphatic rings. The standard InChI is InChI=1S/C16H21F3N2O3/c1-3-24-14(23)12(9-11-7-5-4-6-8-11)21-13(22)10-15(2,20)16(17,18)19/h4-8,12H,3,9-10,20H2,1-2H3,(H,21,22)/t12-,15+/m0/s1. The monoisotopic (exact) mass is 346 g/mol. The molecule has 1 aromatic rings. The van der Waals surface area contributed by atoms with E-state index in [4.69, 9.17) is 10.5 Å². The van der Waals surface area contributed by atoms with E-state index in [1.54, 1.807) is 37.3 Å². The number of hydrogen-bond donors (Lipinski definition) is 2.